The fraction of sp³-hybridized carbons (Fsp3) is 0.222. The minimum atomic E-state index is -4.79. The van der Waals surface area contributed by atoms with Crippen molar-refractivity contribution in [3.05, 3.63) is 65.2 Å². The summed E-state index contributed by atoms with van der Waals surface area (Å²) in [5.41, 5.74) is -0.335. The molecule has 0 bridgehead atoms. The number of hydrogen-bond donors (Lipinski definition) is 1. The van der Waals surface area contributed by atoms with E-state index in [1.54, 1.807) is 0 Å². The van der Waals surface area contributed by atoms with E-state index in [0.717, 1.165) is 30.3 Å². The van der Waals surface area contributed by atoms with Crippen LogP contribution in [0, 0.1) is 5.82 Å². The highest BCUT2D eigenvalue weighted by molar-refractivity contribution is 5.89. The minimum absolute atomic E-state index is 0.0698. The van der Waals surface area contributed by atoms with E-state index in [4.69, 9.17) is 0 Å². The van der Waals surface area contributed by atoms with E-state index in [1.165, 1.54) is 12.1 Å². The Morgan fingerprint density at radius 2 is 1.50 bits per heavy atom. The summed E-state index contributed by atoms with van der Waals surface area (Å²) in [5, 5.41) is 2.75. The molecule has 10 heteroatoms. The maximum atomic E-state index is 13.5. The average molecular weight is 403 g/mol. The molecule has 0 amide bonds. The predicted molar refractivity (Wildman–Crippen MR) is 88.1 cm³/mol. The molecule has 0 aliphatic carbocycles. The van der Waals surface area contributed by atoms with Crippen molar-refractivity contribution < 1.29 is 30.7 Å². The predicted octanol–water partition coefficient (Wildman–Crippen LogP) is 5.46. The molecular weight excluding hydrogens is 391 g/mol. The largest absolute Gasteiger partial charge is 0.451 e. The number of nitrogens with zero attached hydrogens (tertiary/aromatic N) is 2. The van der Waals surface area contributed by atoms with Crippen molar-refractivity contribution >= 4 is 16.7 Å². The number of nitrogens with one attached hydrogen (secondary N) is 1. The van der Waals surface area contributed by atoms with Crippen LogP contribution in [-0.4, -0.2) is 16.5 Å². The first kappa shape index (κ1) is 19.8. The van der Waals surface area contributed by atoms with Crippen molar-refractivity contribution in [1.82, 2.24) is 9.97 Å². The maximum absolute atomic E-state index is 13.5. The molecule has 0 radical (unpaired) electrons. The summed E-state index contributed by atoms with van der Waals surface area (Å²) in [6, 6.07) is 7.52. The van der Waals surface area contributed by atoms with Crippen molar-refractivity contribution in [2.45, 2.75) is 18.8 Å². The highest BCUT2D eigenvalue weighted by Crippen LogP contribution is 2.31. The Labute approximate surface area is 154 Å². The van der Waals surface area contributed by atoms with Crippen LogP contribution in [0.25, 0.3) is 10.9 Å². The maximum Gasteiger partial charge on any atom is 0.451 e. The van der Waals surface area contributed by atoms with Gasteiger partial charge < -0.3 is 5.32 Å². The Morgan fingerprint density at radius 3 is 2.11 bits per heavy atom. The van der Waals surface area contributed by atoms with Crippen LogP contribution in [0.15, 0.2) is 42.5 Å². The van der Waals surface area contributed by atoms with E-state index in [9.17, 15) is 30.7 Å². The molecule has 0 fully saturated rings. The van der Waals surface area contributed by atoms with E-state index in [-0.39, 0.29) is 29.7 Å². The Kier molecular flexibility index (Phi) is 5.14. The number of fused-ring (bicyclic) bond motifs is 1. The molecule has 148 valence electrons. The monoisotopic (exact) mass is 403 g/mol. The van der Waals surface area contributed by atoms with Gasteiger partial charge in [0, 0.05) is 11.9 Å². The fourth-order valence-electron chi connectivity index (χ4n) is 2.55. The lowest BCUT2D eigenvalue weighted by Crippen LogP contribution is -2.15. The van der Waals surface area contributed by atoms with Crippen LogP contribution in [-0.2, 0) is 18.8 Å². The van der Waals surface area contributed by atoms with Gasteiger partial charge in [-0.05, 0) is 42.3 Å². The van der Waals surface area contributed by atoms with E-state index in [0.29, 0.717) is 5.56 Å². The van der Waals surface area contributed by atoms with Crippen LogP contribution in [0.2, 0.25) is 0 Å². The van der Waals surface area contributed by atoms with Crippen molar-refractivity contribution in [3.63, 3.8) is 0 Å². The average Bonchev–Trinajstić information content (AvgIpc) is 2.60. The molecule has 1 heterocycles. The summed E-state index contributed by atoms with van der Waals surface area (Å²) >= 11 is 0. The van der Waals surface area contributed by atoms with E-state index < -0.39 is 29.6 Å². The lowest BCUT2D eigenvalue weighted by molar-refractivity contribution is -0.144. The van der Waals surface area contributed by atoms with Crippen molar-refractivity contribution in [2.75, 3.05) is 11.9 Å². The molecule has 0 saturated carbocycles. The second kappa shape index (κ2) is 7.25. The molecule has 3 nitrogen and oxygen atoms in total. The van der Waals surface area contributed by atoms with Crippen molar-refractivity contribution in [2.24, 2.45) is 0 Å². The number of rotatable bonds is 4. The van der Waals surface area contributed by atoms with Gasteiger partial charge in [0.25, 0.3) is 0 Å². The van der Waals surface area contributed by atoms with E-state index in [1.807, 2.05) is 0 Å². The molecule has 0 aliphatic heterocycles. The molecule has 3 rings (SSSR count). The summed E-state index contributed by atoms with van der Waals surface area (Å²) in [6.07, 6.45) is -9.01. The SMILES string of the molecule is Fc1ccc2nc(C(F)(F)F)nc(NCCc3ccc(C(F)(F)F)cc3)c2c1. The molecule has 0 saturated heterocycles. The van der Waals surface area contributed by atoms with Crippen LogP contribution in [0.1, 0.15) is 17.0 Å². The third-order valence-electron chi connectivity index (χ3n) is 3.90. The molecule has 1 aromatic heterocycles. The minimum Gasteiger partial charge on any atom is -0.369 e. The zero-order valence-corrected chi connectivity index (χ0v) is 14.0. The zero-order valence-electron chi connectivity index (χ0n) is 14.0. The van der Waals surface area contributed by atoms with Gasteiger partial charge in [0.15, 0.2) is 0 Å². The Morgan fingerprint density at radius 1 is 0.821 bits per heavy atom. The van der Waals surface area contributed by atoms with Gasteiger partial charge >= 0.3 is 12.4 Å². The number of aromatic nitrogens is 2. The first-order chi connectivity index (χ1) is 13.0. The normalized spacial score (nSPS) is 12.4. The molecule has 0 spiro atoms. The molecule has 0 unspecified atom stereocenters. The summed E-state index contributed by atoms with van der Waals surface area (Å²) < 4.78 is 90.1. The van der Waals surface area contributed by atoms with E-state index >= 15 is 0 Å². The van der Waals surface area contributed by atoms with Crippen LogP contribution < -0.4 is 5.32 Å². The zero-order chi connectivity index (χ0) is 20.5. The van der Waals surface area contributed by atoms with Gasteiger partial charge in [0.05, 0.1) is 11.1 Å². The first-order valence-electron chi connectivity index (χ1n) is 7.98. The quantitative estimate of drug-likeness (QED) is 0.588. The topological polar surface area (TPSA) is 37.8 Å². The van der Waals surface area contributed by atoms with Crippen LogP contribution >= 0.6 is 0 Å². The van der Waals surface area contributed by atoms with Crippen LogP contribution in [0.4, 0.5) is 36.6 Å². The summed E-state index contributed by atoms with van der Waals surface area (Å²) in [5.74, 6) is -2.24. The van der Waals surface area contributed by atoms with Crippen molar-refractivity contribution in [3.8, 4) is 0 Å². The second-order valence-corrected chi connectivity index (χ2v) is 5.93. The fourth-order valence-corrected chi connectivity index (χ4v) is 2.55. The Bertz CT molecular complexity index is 979. The summed E-state index contributed by atoms with van der Waals surface area (Å²) in [6.45, 7) is 0.0747. The molecule has 2 aromatic carbocycles. The molecule has 0 atom stereocenters. The number of halogens is 7. The Hall–Kier alpha value is -2.91. The number of benzene rings is 2. The van der Waals surface area contributed by atoms with Gasteiger partial charge in [-0.15, -0.1) is 0 Å². The molecular formula is C18H12F7N3. The first-order valence-corrected chi connectivity index (χ1v) is 7.98. The third kappa shape index (κ3) is 4.49. The van der Waals surface area contributed by atoms with Gasteiger partial charge in [-0.2, -0.15) is 26.3 Å². The number of anilines is 1. The van der Waals surface area contributed by atoms with Crippen LogP contribution in [0.5, 0.6) is 0 Å². The Balaban J connectivity index is 1.80. The lowest BCUT2D eigenvalue weighted by atomic mass is 10.1. The van der Waals surface area contributed by atoms with Gasteiger partial charge in [-0.25, -0.2) is 14.4 Å². The standard InChI is InChI=1S/C18H12F7N3/c19-12-5-6-14-13(9-12)15(28-16(27-14)18(23,24)25)26-8-7-10-1-3-11(4-2-10)17(20,21)22/h1-6,9H,7-8H2,(H,26,27,28). The van der Waals surface area contributed by atoms with Gasteiger partial charge in [-0.1, -0.05) is 12.1 Å². The third-order valence-corrected chi connectivity index (χ3v) is 3.90. The lowest BCUT2D eigenvalue weighted by Gasteiger charge is -2.13. The van der Waals surface area contributed by atoms with Gasteiger partial charge in [0.1, 0.15) is 11.6 Å². The van der Waals surface area contributed by atoms with Gasteiger partial charge in [0.2, 0.25) is 5.82 Å². The highest BCUT2D eigenvalue weighted by Gasteiger charge is 2.35. The van der Waals surface area contributed by atoms with E-state index in [2.05, 4.69) is 15.3 Å². The van der Waals surface area contributed by atoms with Crippen LogP contribution in [0.3, 0.4) is 0 Å². The molecule has 28 heavy (non-hydrogen) atoms. The number of alkyl halides is 6. The summed E-state index contributed by atoms with van der Waals surface area (Å²) in [4.78, 5) is 6.83. The van der Waals surface area contributed by atoms with Crippen molar-refractivity contribution in [1.29, 1.82) is 0 Å². The molecule has 0 aliphatic rings. The molecule has 3 aromatic rings. The smallest absolute Gasteiger partial charge is 0.369 e. The van der Waals surface area contributed by atoms with Gasteiger partial charge in [-0.3, -0.25) is 0 Å². The summed E-state index contributed by atoms with van der Waals surface area (Å²) in [7, 11) is 0. The molecule has 1 N–H and O–H groups in total. The highest BCUT2D eigenvalue weighted by atomic mass is 19.4. The number of hydrogen-bond acceptors (Lipinski definition) is 3. The second-order valence-electron chi connectivity index (χ2n) is 5.93.